The van der Waals surface area contributed by atoms with E-state index in [4.69, 9.17) is 11.6 Å². The van der Waals surface area contributed by atoms with Crippen LogP contribution in [0.3, 0.4) is 0 Å². The fourth-order valence-electron chi connectivity index (χ4n) is 6.71. The van der Waals surface area contributed by atoms with Crippen molar-refractivity contribution in [1.82, 2.24) is 4.31 Å². The number of sulfonamides is 2. The average molecular weight is 694 g/mol. The second kappa shape index (κ2) is 13.3. The Labute approximate surface area is 280 Å². The van der Waals surface area contributed by atoms with E-state index in [0.717, 1.165) is 37.8 Å². The molecule has 246 valence electrons. The zero-order chi connectivity index (χ0) is 33.3. The third kappa shape index (κ3) is 6.89. The van der Waals surface area contributed by atoms with Crippen LogP contribution >= 0.6 is 11.6 Å². The molecule has 4 aromatic rings. The zero-order valence-electron chi connectivity index (χ0n) is 25.8. The molecule has 0 bridgehead atoms. The van der Waals surface area contributed by atoms with E-state index in [2.05, 4.69) is 4.72 Å². The van der Waals surface area contributed by atoms with Gasteiger partial charge in [0.1, 0.15) is 4.90 Å². The van der Waals surface area contributed by atoms with Crippen LogP contribution in [0.5, 0.6) is 0 Å². The molecule has 2 N–H and O–H groups in total. The molecule has 0 radical (unpaired) electrons. The number of nitrogens with zero attached hydrogens (tertiary/aromatic N) is 2. The molecule has 1 saturated carbocycles. The lowest BCUT2D eigenvalue weighted by Crippen LogP contribution is -2.46. The van der Waals surface area contributed by atoms with Crippen LogP contribution in [0.1, 0.15) is 48.0 Å². The molecule has 0 spiro atoms. The molecule has 0 aromatic heterocycles. The lowest BCUT2D eigenvalue weighted by atomic mass is 9.83. The Morgan fingerprint density at radius 2 is 1.60 bits per heavy atom. The Hall–Kier alpha value is -3.90. The number of halogens is 1. The van der Waals surface area contributed by atoms with Crippen LogP contribution in [0.2, 0.25) is 5.02 Å². The smallest absolute Gasteiger partial charge is 0.337 e. The summed E-state index contributed by atoms with van der Waals surface area (Å²) in [6.07, 6.45) is 5.18. The maximum absolute atomic E-state index is 14.4. The number of hydrogen-bond acceptors (Lipinski definition) is 6. The van der Waals surface area contributed by atoms with Crippen LogP contribution < -0.4 is 9.62 Å². The van der Waals surface area contributed by atoms with Crippen molar-refractivity contribution >= 4 is 54.7 Å². The van der Waals surface area contributed by atoms with Crippen LogP contribution in [-0.2, 0) is 25.8 Å². The number of carbonyl (C=O) groups is 1. The Morgan fingerprint density at radius 3 is 2.26 bits per heavy atom. The van der Waals surface area contributed by atoms with Gasteiger partial charge >= 0.3 is 5.97 Å². The van der Waals surface area contributed by atoms with E-state index in [1.807, 2.05) is 35.2 Å². The highest BCUT2D eigenvalue weighted by atomic mass is 35.5. The maximum atomic E-state index is 14.4. The van der Waals surface area contributed by atoms with Crippen molar-refractivity contribution in [1.29, 1.82) is 0 Å². The molecule has 0 unspecified atom stereocenters. The van der Waals surface area contributed by atoms with Crippen LogP contribution in [0.15, 0.2) is 95.9 Å². The highest BCUT2D eigenvalue weighted by Gasteiger charge is 2.41. The molecule has 1 atom stereocenters. The number of likely N-dealkylation sites (N-methyl/N-ethyl adjacent to an activating group) is 1. The number of rotatable bonds is 8. The van der Waals surface area contributed by atoms with Gasteiger partial charge in [-0.05, 0) is 66.3 Å². The number of hydrogen-bond donors (Lipinski definition) is 2. The largest absolute Gasteiger partial charge is 0.478 e. The summed E-state index contributed by atoms with van der Waals surface area (Å²) in [4.78, 5) is 14.4. The third-order valence-corrected chi connectivity index (χ3v) is 12.6. The molecular formula is C35H36ClN3O6S2. The first-order valence-corrected chi connectivity index (χ1v) is 19.0. The third-order valence-electron chi connectivity index (χ3n) is 9.12. The highest BCUT2D eigenvalue weighted by molar-refractivity contribution is 7.92. The topological polar surface area (TPSA) is 124 Å². The predicted octanol–water partition coefficient (Wildman–Crippen LogP) is 7.37. The van der Waals surface area contributed by atoms with E-state index in [9.17, 15) is 26.7 Å². The Balaban J connectivity index is 1.43. The number of anilines is 3. The van der Waals surface area contributed by atoms with Crippen molar-refractivity contribution in [3.05, 3.63) is 107 Å². The second-order valence-corrected chi connectivity index (χ2v) is 16.2. The van der Waals surface area contributed by atoms with Crippen LogP contribution in [0.25, 0.3) is 11.1 Å². The Morgan fingerprint density at radius 1 is 0.936 bits per heavy atom. The summed E-state index contributed by atoms with van der Waals surface area (Å²) >= 11 is 6.89. The molecule has 47 heavy (non-hydrogen) atoms. The van der Waals surface area contributed by atoms with Gasteiger partial charge in [-0.15, -0.1) is 0 Å². The normalized spacial score (nSPS) is 18.7. The minimum absolute atomic E-state index is 0.0612. The van der Waals surface area contributed by atoms with Gasteiger partial charge < -0.3 is 10.0 Å². The van der Waals surface area contributed by atoms with E-state index >= 15 is 0 Å². The Kier molecular flexibility index (Phi) is 9.35. The first-order chi connectivity index (χ1) is 22.4. The number of benzene rings is 4. The van der Waals surface area contributed by atoms with Gasteiger partial charge in [0.2, 0.25) is 20.0 Å². The van der Waals surface area contributed by atoms with E-state index in [1.165, 1.54) is 28.6 Å². The van der Waals surface area contributed by atoms with Crippen molar-refractivity contribution in [3.8, 4) is 11.1 Å². The molecule has 1 aliphatic heterocycles. The molecule has 4 aromatic carbocycles. The summed E-state index contributed by atoms with van der Waals surface area (Å²) in [5, 5.41) is 10.3. The van der Waals surface area contributed by atoms with E-state index in [1.54, 1.807) is 43.4 Å². The summed E-state index contributed by atoms with van der Waals surface area (Å²) in [6, 6.07) is 25.2. The lowest BCUT2D eigenvalue weighted by Gasteiger charge is -2.36. The first-order valence-electron chi connectivity index (χ1n) is 15.5. The molecule has 9 nitrogen and oxygen atoms in total. The van der Waals surface area contributed by atoms with Gasteiger partial charge in [-0.3, -0.25) is 4.72 Å². The summed E-state index contributed by atoms with van der Waals surface area (Å²) in [5.74, 6) is -1.49. The van der Waals surface area contributed by atoms with Gasteiger partial charge in [0.25, 0.3) is 0 Å². The first kappa shape index (κ1) is 33.0. The Bertz CT molecular complexity index is 2000. The monoisotopic (exact) mass is 693 g/mol. The minimum atomic E-state index is -4.01. The molecule has 6 rings (SSSR count). The fourth-order valence-corrected chi connectivity index (χ4v) is 9.80. The number of aromatic carboxylic acids is 1. The lowest BCUT2D eigenvalue weighted by molar-refractivity contribution is 0.0698. The molecule has 2 aliphatic rings. The standard InChI is InChI=1S/C35H36ClN3O6S2/c1-38-33(25-13-7-3-8-14-25)22-39(27-15-9-4-10-16-27)32-21-30(36)28(20-34(32)47(38,44)45)26-17-18-31(29(19-26)35(40)41)37-46(42,43)23-24-11-5-2-6-12-24/h2,4-6,9-12,15-21,25,33,37H,3,7-8,13-14,22-23H2,1H3,(H,40,41)/t33-/m0/s1. The number of nitrogens with one attached hydrogen (secondary N) is 1. The van der Waals surface area contributed by atoms with Crippen LogP contribution in [0.4, 0.5) is 17.1 Å². The second-order valence-electron chi connectivity index (χ2n) is 12.1. The summed E-state index contributed by atoms with van der Waals surface area (Å²) < 4.78 is 58.5. The quantitative estimate of drug-likeness (QED) is 0.198. The molecular weight excluding hydrogens is 658 g/mol. The van der Waals surface area contributed by atoms with Gasteiger partial charge in [-0.25, -0.2) is 21.6 Å². The molecule has 12 heteroatoms. The van der Waals surface area contributed by atoms with E-state index < -0.39 is 26.0 Å². The number of carboxylic acids is 1. The molecule has 1 fully saturated rings. The van der Waals surface area contributed by atoms with Gasteiger partial charge in [0.15, 0.2) is 0 Å². The molecule has 0 amide bonds. The average Bonchev–Trinajstić information content (AvgIpc) is 3.13. The van der Waals surface area contributed by atoms with Crippen molar-refractivity contribution in [3.63, 3.8) is 0 Å². The van der Waals surface area contributed by atoms with Gasteiger partial charge in [0.05, 0.1) is 27.7 Å². The molecule has 1 heterocycles. The maximum Gasteiger partial charge on any atom is 0.337 e. The summed E-state index contributed by atoms with van der Waals surface area (Å²) in [7, 11) is -6.31. The molecule has 1 aliphatic carbocycles. The van der Waals surface area contributed by atoms with Crippen LogP contribution in [-0.4, -0.2) is 51.9 Å². The number of fused-ring (bicyclic) bond motifs is 1. The van der Waals surface area contributed by atoms with Crippen molar-refractivity contribution in [2.45, 2.75) is 48.8 Å². The van der Waals surface area contributed by atoms with E-state index in [-0.39, 0.29) is 38.9 Å². The SMILES string of the molecule is CN1[C@H](C2CCCCC2)CN(c2ccccc2)c2cc(Cl)c(-c3ccc(NS(=O)(=O)Cc4ccccc4)c(C(=O)O)c3)cc2S1(=O)=O. The minimum Gasteiger partial charge on any atom is -0.478 e. The predicted molar refractivity (Wildman–Crippen MR) is 185 cm³/mol. The summed E-state index contributed by atoms with van der Waals surface area (Å²) in [6.45, 7) is 0.452. The van der Waals surface area contributed by atoms with Crippen molar-refractivity contribution < 1.29 is 26.7 Å². The van der Waals surface area contributed by atoms with Crippen molar-refractivity contribution in [2.75, 3.05) is 23.2 Å². The molecule has 0 saturated heterocycles. The van der Waals surface area contributed by atoms with E-state index in [0.29, 0.717) is 28.9 Å². The zero-order valence-corrected chi connectivity index (χ0v) is 28.2. The summed E-state index contributed by atoms with van der Waals surface area (Å²) in [5.41, 5.74) is 2.07. The highest BCUT2D eigenvalue weighted by Crippen LogP contribution is 2.45. The fraction of sp³-hybridized carbons (Fsp3) is 0.286. The number of para-hydroxylation sites is 1. The van der Waals surface area contributed by atoms with Crippen LogP contribution in [0, 0.1) is 5.92 Å². The number of carboxylic acid groups (broad SMARTS) is 1. The van der Waals surface area contributed by atoms with Gasteiger partial charge in [0, 0.05) is 30.9 Å². The van der Waals surface area contributed by atoms with Crippen molar-refractivity contribution in [2.24, 2.45) is 5.92 Å². The van der Waals surface area contributed by atoms with Gasteiger partial charge in [-0.2, -0.15) is 4.31 Å². The van der Waals surface area contributed by atoms with Gasteiger partial charge in [-0.1, -0.05) is 85.5 Å².